The number of hydrogen-bond donors (Lipinski definition) is 3. The van der Waals surface area contributed by atoms with Crippen LogP contribution in [0.1, 0.15) is 39.5 Å². The monoisotopic (exact) mass is 243 g/mol. The van der Waals surface area contributed by atoms with Crippen LogP contribution in [0.5, 0.6) is 0 Å². The van der Waals surface area contributed by atoms with E-state index in [-0.39, 0.29) is 6.04 Å². The van der Waals surface area contributed by atoms with Crippen molar-refractivity contribution >= 4 is 5.84 Å². The predicted molar refractivity (Wildman–Crippen MR) is 68.3 cm³/mol. The zero-order chi connectivity index (χ0) is 12.7. The summed E-state index contributed by atoms with van der Waals surface area (Å²) in [6.07, 6.45) is 3.77. The summed E-state index contributed by atoms with van der Waals surface area (Å²) in [6.45, 7) is 7.07. The van der Waals surface area contributed by atoms with Gasteiger partial charge in [-0.2, -0.15) is 0 Å². The molecule has 1 aliphatic heterocycles. The van der Waals surface area contributed by atoms with Gasteiger partial charge in [0, 0.05) is 32.2 Å². The van der Waals surface area contributed by atoms with Crippen molar-refractivity contribution in [3.8, 4) is 0 Å². The van der Waals surface area contributed by atoms with E-state index in [4.69, 9.17) is 15.7 Å². The second kappa shape index (κ2) is 6.81. The van der Waals surface area contributed by atoms with Crippen molar-refractivity contribution in [3.05, 3.63) is 0 Å². The van der Waals surface area contributed by atoms with Crippen LogP contribution in [0, 0.1) is 5.41 Å². The highest BCUT2D eigenvalue weighted by atomic mass is 16.5. The Hall–Kier alpha value is -0.810. The smallest absolute Gasteiger partial charge is 0.140 e. The molecule has 17 heavy (non-hydrogen) atoms. The molecule has 0 saturated carbocycles. The average molecular weight is 243 g/mol. The fourth-order valence-corrected chi connectivity index (χ4v) is 2.09. The van der Waals surface area contributed by atoms with Gasteiger partial charge >= 0.3 is 0 Å². The summed E-state index contributed by atoms with van der Waals surface area (Å²) >= 11 is 0. The largest absolute Gasteiger partial charge is 0.409 e. The first-order valence-electron chi connectivity index (χ1n) is 6.37. The maximum atomic E-state index is 8.57. The molecule has 0 aromatic heterocycles. The summed E-state index contributed by atoms with van der Waals surface area (Å²) in [6, 6.07) is 0.283. The van der Waals surface area contributed by atoms with Gasteiger partial charge in [0.05, 0.1) is 0 Å². The normalized spacial score (nSPS) is 22.4. The molecule has 0 aromatic carbocycles. The minimum absolute atomic E-state index is 0.283. The number of amidine groups is 1. The Balaban J connectivity index is 2.35. The summed E-state index contributed by atoms with van der Waals surface area (Å²) in [7, 11) is 0. The molecule has 1 heterocycles. The Morgan fingerprint density at radius 1 is 1.53 bits per heavy atom. The maximum absolute atomic E-state index is 8.57. The highest BCUT2D eigenvalue weighted by Gasteiger charge is 2.27. The van der Waals surface area contributed by atoms with Crippen LogP contribution in [0.15, 0.2) is 5.16 Å². The number of ether oxygens (including phenoxy) is 1. The summed E-state index contributed by atoms with van der Waals surface area (Å²) in [4.78, 5) is 0. The molecular formula is C12H25N3O2. The van der Waals surface area contributed by atoms with E-state index in [0.717, 1.165) is 39.0 Å². The number of hydrogen-bond acceptors (Lipinski definition) is 4. The van der Waals surface area contributed by atoms with Gasteiger partial charge in [0.15, 0.2) is 0 Å². The topological polar surface area (TPSA) is 79.9 Å². The lowest BCUT2D eigenvalue weighted by atomic mass is 9.82. The van der Waals surface area contributed by atoms with Gasteiger partial charge in [-0.1, -0.05) is 19.0 Å². The van der Waals surface area contributed by atoms with E-state index in [1.807, 2.05) is 0 Å². The van der Waals surface area contributed by atoms with Gasteiger partial charge in [-0.05, 0) is 24.7 Å². The molecular weight excluding hydrogens is 218 g/mol. The molecule has 1 unspecified atom stereocenters. The number of rotatable bonds is 6. The molecule has 0 spiro atoms. The Labute approximate surface area is 103 Å². The van der Waals surface area contributed by atoms with Gasteiger partial charge in [-0.3, -0.25) is 0 Å². The summed E-state index contributed by atoms with van der Waals surface area (Å²) < 4.78 is 5.38. The third kappa shape index (κ3) is 4.91. The van der Waals surface area contributed by atoms with Crippen molar-refractivity contribution in [2.45, 2.75) is 45.6 Å². The number of nitrogens with two attached hydrogens (primary N) is 1. The van der Waals surface area contributed by atoms with E-state index in [0.29, 0.717) is 17.7 Å². The second-order valence-corrected chi connectivity index (χ2v) is 5.20. The molecule has 0 aromatic rings. The van der Waals surface area contributed by atoms with Crippen molar-refractivity contribution in [2.24, 2.45) is 16.3 Å². The standard InChI is InChI=1S/C12H25N3O2/c1-3-10(8-11(13)15-16)14-9-12(2)4-6-17-7-5-12/h10,14,16H,3-9H2,1-2H3,(H2,13,15). The highest BCUT2D eigenvalue weighted by molar-refractivity contribution is 5.80. The second-order valence-electron chi connectivity index (χ2n) is 5.20. The first-order chi connectivity index (χ1) is 8.09. The quantitative estimate of drug-likeness (QED) is 0.284. The van der Waals surface area contributed by atoms with Crippen molar-refractivity contribution < 1.29 is 9.94 Å². The van der Waals surface area contributed by atoms with Gasteiger partial charge in [0.2, 0.25) is 0 Å². The van der Waals surface area contributed by atoms with Crippen molar-refractivity contribution in [1.29, 1.82) is 0 Å². The van der Waals surface area contributed by atoms with Gasteiger partial charge in [-0.25, -0.2) is 0 Å². The molecule has 1 atom stereocenters. The van der Waals surface area contributed by atoms with Crippen LogP contribution in [0.2, 0.25) is 0 Å². The van der Waals surface area contributed by atoms with E-state index in [1.54, 1.807) is 0 Å². The van der Waals surface area contributed by atoms with Crippen LogP contribution < -0.4 is 11.1 Å². The van der Waals surface area contributed by atoms with E-state index >= 15 is 0 Å². The fraction of sp³-hybridized carbons (Fsp3) is 0.917. The lowest BCUT2D eigenvalue weighted by Gasteiger charge is -2.35. The van der Waals surface area contributed by atoms with Gasteiger partial charge in [0.1, 0.15) is 5.84 Å². The Kier molecular flexibility index (Phi) is 5.71. The van der Waals surface area contributed by atoms with Gasteiger partial charge in [-0.15, -0.1) is 0 Å². The highest BCUT2D eigenvalue weighted by Crippen LogP contribution is 2.28. The Morgan fingerprint density at radius 2 is 2.18 bits per heavy atom. The summed E-state index contributed by atoms with van der Waals surface area (Å²) in [5.74, 6) is 0.293. The summed E-state index contributed by atoms with van der Waals surface area (Å²) in [5.41, 5.74) is 5.85. The first kappa shape index (κ1) is 14.3. The summed E-state index contributed by atoms with van der Waals surface area (Å²) in [5, 5.41) is 15.1. The molecule has 5 heteroatoms. The molecule has 0 aliphatic carbocycles. The molecule has 100 valence electrons. The molecule has 1 fully saturated rings. The molecule has 0 amide bonds. The number of oxime groups is 1. The molecule has 1 aliphatic rings. The van der Waals surface area contributed by atoms with Crippen LogP contribution in [0.25, 0.3) is 0 Å². The number of nitrogens with one attached hydrogen (secondary N) is 1. The van der Waals surface area contributed by atoms with Crippen molar-refractivity contribution in [3.63, 3.8) is 0 Å². The van der Waals surface area contributed by atoms with E-state index in [2.05, 4.69) is 24.3 Å². The van der Waals surface area contributed by atoms with E-state index < -0.39 is 0 Å². The molecule has 4 N–H and O–H groups in total. The van der Waals surface area contributed by atoms with Crippen molar-refractivity contribution in [1.82, 2.24) is 5.32 Å². The molecule has 0 radical (unpaired) electrons. The van der Waals surface area contributed by atoms with Crippen LogP contribution in [-0.4, -0.2) is 36.8 Å². The zero-order valence-corrected chi connectivity index (χ0v) is 10.9. The minimum Gasteiger partial charge on any atom is -0.409 e. The molecule has 5 nitrogen and oxygen atoms in total. The SMILES string of the molecule is CCC(CC(N)=NO)NCC1(C)CCOCC1. The molecule has 0 bridgehead atoms. The lowest BCUT2D eigenvalue weighted by molar-refractivity contribution is 0.0229. The van der Waals surface area contributed by atoms with Crippen LogP contribution in [-0.2, 0) is 4.74 Å². The van der Waals surface area contributed by atoms with Crippen molar-refractivity contribution in [2.75, 3.05) is 19.8 Å². The maximum Gasteiger partial charge on any atom is 0.140 e. The third-order valence-corrected chi connectivity index (χ3v) is 3.59. The van der Waals surface area contributed by atoms with Crippen LogP contribution >= 0.6 is 0 Å². The predicted octanol–water partition coefficient (Wildman–Crippen LogP) is 1.31. The van der Waals surface area contributed by atoms with E-state index in [9.17, 15) is 0 Å². The Morgan fingerprint density at radius 3 is 2.71 bits per heavy atom. The van der Waals surface area contributed by atoms with Gasteiger partial charge < -0.3 is 21.0 Å². The Bertz CT molecular complexity index is 250. The third-order valence-electron chi connectivity index (χ3n) is 3.59. The van der Waals surface area contributed by atoms with Gasteiger partial charge in [0.25, 0.3) is 0 Å². The number of nitrogens with zero attached hydrogens (tertiary/aromatic N) is 1. The molecule has 1 rings (SSSR count). The van der Waals surface area contributed by atoms with Crippen LogP contribution in [0.3, 0.4) is 0 Å². The molecule has 1 saturated heterocycles. The van der Waals surface area contributed by atoms with Crippen LogP contribution in [0.4, 0.5) is 0 Å². The average Bonchev–Trinajstić information content (AvgIpc) is 2.35. The minimum atomic E-state index is 0.283. The first-order valence-corrected chi connectivity index (χ1v) is 6.37. The fourth-order valence-electron chi connectivity index (χ4n) is 2.09. The zero-order valence-electron chi connectivity index (χ0n) is 10.9. The van der Waals surface area contributed by atoms with E-state index in [1.165, 1.54) is 0 Å². The lowest BCUT2D eigenvalue weighted by Crippen LogP contribution is -2.42.